The van der Waals surface area contributed by atoms with Crippen LogP contribution in [0.2, 0.25) is 10.0 Å². The van der Waals surface area contributed by atoms with E-state index in [0.29, 0.717) is 36.0 Å². The second-order valence-electron chi connectivity index (χ2n) is 7.94. The van der Waals surface area contributed by atoms with Crippen LogP contribution >= 0.6 is 34.5 Å². The summed E-state index contributed by atoms with van der Waals surface area (Å²) in [4.78, 5) is 29.6. The van der Waals surface area contributed by atoms with E-state index in [1.807, 2.05) is 18.2 Å². The predicted molar refractivity (Wildman–Crippen MR) is 144 cm³/mol. The summed E-state index contributed by atoms with van der Waals surface area (Å²) in [6.07, 6.45) is -0.855. The van der Waals surface area contributed by atoms with Crippen LogP contribution in [0.3, 0.4) is 0 Å². The molecule has 0 saturated carbocycles. The van der Waals surface area contributed by atoms with Gasteiger partial charge < -0.3 is 19.9 Å². The first-order chi connectivity index (χ1) is 17.9. The van der Waals surface area contributed by atoms with E-state index in [2.05, 4.69) is 16.4 Å². The second-order valence-corrected chi connectivity index (χ2v) is 9.90. The number of nitrogens with one attached hydrogen (secondary N) is 1. The van der Waals surface area contributed by atoms with Gasteiger partial charge in [0, 0.05) is 30.7 Å². The fourth-order valence-corrected chi connectivity index (χ4v) is 4.66. The van der Waals surface area contributed by atoms with Gasteiger partial charge in [0.2, 0.25) is 0 Å². The molecule has 0 aliphatic heterocycles. The number of rotatable bonds is 11. The number of aliphatic carboxylic acids is 1. The van der Waals surface area contributed by atoms with E-state index in [1.54, 1.807) is 41.7 Å². The normalized spacial score (nSPS) is 10.9. The maximum atomic E-state index is 12.6. The fraction of sp³-hybridized carbons (Fsp3) is 0.192. The molecule has 0 radical (unpaired) electrons. The Bertz CT molecular complexity index is 1350. The van der Waals surface area contributed by atoms with Crippen LogP contribution in [0.5, 0.6) is 11.5 Å². The van der Waals surface area contributed by atoms with Gasteiger partial charge in [0.05, 0.1) is 15.2 Å². The molecule has 0 saturated heterocycles. The second kappa shape index (κ2) is 12.7. The van der Waals surface area contributed by atoms with Crippen LogP contribution in [0.25, 0.3) is 10.2 Å². The summed E-state index contributed by atoms with van der Waals surface area (Å²) in [6.45, 7) is 1.24. The Kier molecular flexibility index (Phi) is 9.19. The molecule has 0 aliphatic rings. The quantitative estimate of drug-likeness (QED) is 0.222. The van der Waals surface area contributed by atoms with Crippen molar-refractivity contribution in [2.24, 2.45) is 0 Å². The Hall–Kier alpha value is -3.37. The van der Waals surface area contributed by atoms with Crippen molar-refractivity contribution in [1.29, 1.82) is 0 Å². The summed E-state index contributed by atoms with van der Waals surface area (Å²) in [5.41, 5.74) is 1.71. The summed E-state index contributed by atoms with van der Waals surface area (Å²) in [5.74, 6) is -0.467. The average Bonchev–Trinajstić information content (AvgIpc) is 3.29. The van der Waals surface area contributed by atoms with Crippen molar-refractivity contribution in [1.82, 2.24) is 15.2 Å². The van der Waals surface area contributed by atoms with E-state index in [1.165, 1.54) is 16.8 Å². The molecular weight excluding hydrogens is 537 g/mol. The van der Waals surface area contributed by atoms with Gasteiger partial charge in [-0.2, -0.15) is 0 Å². The minimum atomic E-state index is -1.17. The maximum Gasteiger partial charge on any atom is 0.416 e. The lowest BCUT2D eigenvalue weighted by molar-refractivity contribution is -0.138. The van der Waals surface area contributed by atoms with E-state index in [-0.39, 0.29) is 17.3 Å². The molecule has 192 valence electrons. The molecule has 4 rings (SSSR count). The van der Waals surface area contributed by atoms with Gasteiger partial charge in [-0.3, -0.25) is 9.69 Å². The van der Waals surface area contributed by atoms with Gasteiger partial charge in [-0.05, 0) is 42.0 Å². The summed E-state index contributed by atoms with van der Waals surface area (Å²) < 4.78 is 12.2. The maximum absolute atomic E-state index is 12.6. The first kappa shape index (κ1) is 26.7. The molecule has 8 nitrogen and oxygen atoms in total. The fourth-order valence-electron chi connectivity index (χ4n) is 3.41. The van der Waals surface area contributed by atoms with Gasteiger partial charge in [-0.15, -0.1) is 11.3 Å². The molecule has 0 fully saturated rings. The number of fused-ring (bicyclic) bond motifs is 1. The first-order valence-electron chi connectivity index (χ1n) is 11.3. The van der Waals surface area contributed by atoms with Gasteiger partial charge >= 0.3 is 12.1 Å². The van der Waals surface area contributed by atoms with Gasteiger partial charge in [0.1, 0.15) is 23.9 Å². The highest BCUT2D eigenvalue weighted by Gasteiger charge is 2.21. The van der Waals surface area contributed by atoms with Crippen molar-refractivity contribution in [2.45, 2.75) is 13.1 Å². The number of para-hydroxylation sites is 1. The third kappa shape index (κ3) is 7.80. The zero-order valence-corrected chi connectivity index (χ0v) is 21.9. The zero-order chi connectivity index (χ0) is 26.2. The van der Waals surface area contributed by atoms with Crippen molar-refractivity contribution < 1.29 is 24.2 Å². The van der Waals surface area contributed by atoms with E-state index in [9.17, 15) is 14.7 Å². The number of thiazole rings is 1. The minimum Gasteiger partial charge on any atom is -0.492 e. The lowest BCUT2D eigenvalue weighted by atomic mass is 10.2. The molecule has 2 N–H and O–H groups in total. The van der Waals surface area contributed by atoms with E-state index >= 15 is 0 Å². The molecule has 0 unspecified atom stereocenters. The molecular formula is C26H23Cl2N3O5S. The van der Waals surface area contributed by atoms with Crippen LogP contribution in [-0.2, 0) is 17.9 Å². The number of carboxylic acids is 1. The molecule has 0 spiro atoms. The third-order valence-corrected chi connectivity index (χ3v) is 6.72. The number of hydrogen-bond acceptors (Lipinski definition) is 7. The van der Waals surface area contributed by atoms with E-state index < -0.39 is 18.6 Å². The van der Waals surface area contributed by atoms with Crippen LogP contribution in [0.15, 0.2) is 66.7 Å². The average molecular weight is 560 g/mol. The third-order valence-electron chi connectivity index (χ3n) is 5.13. The number of amides is 1. The minimum absolute atomic E-state index is 0.0212. The summed E-state index contributed by atoms with van der Waals surface area (Å²) in [6, 6.07) is 19.5. The highest BCUT2D eigenvalue weighted by Crippen LogP contribution is 2.28. The number of carbonyl (C=O) groups is 2. The summed E-state index contributed by atoms with van der Waals surface area (Å²) in [7, 11) is 0. The zero-order valence-electron chi connectivity index (χ0n) is 19.5. The molecule has 37 heavy (non-hydrogen) atoms. The molecule has 1 amide bonds. The molecule has 1 heterocycles. The highest BCUT2D eigenvalue weighted by molar-refractivity contribution is 7.18. The van der Waals surface area contributed by atoms with Crippen LogP contribution in [-0.4, -0.2) is 46.7 Å². The Labute approximate surface area is 227 Å². The van der Waals surface area contributed by atoms with E-state index in [0.717, 1.165) is 15.4 Å². The van der Waals surface area contributed by atoms with Crippen molar-refractivity contribution >= 4 is 56.8 Å². The molecule has 11 heteroatoms. The van der Waals surface area contributed by atoms with Crippen LogP contribution < -0.4 is 14.8 Å². The molecule has 3 aromatic carbocycles. The number of halogens is 2. The van der Waals surface area contributed by atoms with Gasteiger partial charge in [0.25, 0.3) is 0 Å². The Morgan fingerprint density at radius 2 is 1.84 bits per heavy atom. The van der Waals surface area contributed by atoms with Crippen molar-refractivity contribution in [3.8, 4) is 11.5 Å². The first-order valence-corrected chi connectivity index (χ1v) is 12.8. The van der Waals surface area contributed by atoms with Crippen molar-refractivity contribution in [3.05, 3.63) is 87.3 Å². The molecule has 4 aromatic rings. The monoisotopic (exact) mass is 559 g/mol. The lowest BCUT2D eigenvalue weighted by Gasteiger charge is -2.20. The van der Waals surface area contributed by atoms with Gasteiger partial charge in [-0.1, -0.05) is 47.5 Å². The Morgan fingerprint density at radius 3 is 2.59 bits per heavy atom. The topological polar surface area (TPSA) is 101 Å². The Morgan fingerprint density at radius 1 is 1.05 bits per heavy atom. The number of carboxylic acid groups (broad SMARTS) is 1. The Balaban J connectivity index is 1.26. The molecule has 0 atom stereocenters. The SMILES string of the molecule is O=C(O)CN(Cc1ccc(OCCNCc2nc3ccccc3s2)cc1)C(=O)Oc1cc(Cl)ccc1Cl. The number of ether oxygens (including phenoxy) is 2. The standard InChI is InChI=1S/C26H23Cl2N3O5S/c27-18-7-10-20(28)22(13-18)36-26(34)31(16-25(32)33)15-17-5-8-19(9-6-17)35-12-11-29-14-24-30-21-3-1-2-4-23(21)37-24/h1-10,13,29H,11-12,14-16H2,(H,32,33). The molecule has 0 bridgehead atoms. The molecule has 1 aromatic heterocycles. The van der Waals surface area contributed by atoms with Crippen molar-refractivity contribution in [2.75, 3.05) is 19.7 Å². The number of carbonyl (C=O) groups excluding carboxylic acids is 1. The summed E-state index contributed by atoms with van der Waals surface area (Å²) >= 11 is 13.6. The highest BCUT2D eigenvalue weighted by atomic mass is 35.5. The number of aromatic nitrogens is 1. The number of nitrogens with zero attached hydrogens (tertiary/aromatic N) is 2. The van der Waals surface area contributed by atoms with E-state index in [4.69, 9.17) is 32.7 Å². The molecule has 0 aliphatic carbocycles. The largest absolute Gasteiger partial charge is 0.492 e. The van der Waals surface area contributed by atoms with Gasteiger partial charge in [0.15, 0.2) is 5.75 Å². The number of hydrogen-bond donors (Lipinski definition) is 2. The summed E-state index contributed by atoms with van der Waals surface area (Å²) in [5, 5.41) is 14.1. The van der Waals surface area contributed by atoms with Crippen LogP contribution in [0.1, 0.15) is 10.6 Å². The van der Waals surface area contributed by atoms with Crippen LogP contribution in [0.4, 0.5) is 4.79 Å². The lowest BCUT2D eigenvalue weighted by Crippen LogP contribution is -2.37. The van der Waals surface area contributed by atoms with Crippen molar-refractivity contribution in [3.63, 3.8) is 0 Å². The van der Waals surface area contributed by atoms with Gasteiger partial charge in [-0.25, -0.2) is 9.78 Å². The van der Waals surface area contributed by atoms with Crippen LogP contribution in [0, 0.1) is 0 Å². The smallest absolute Gasteiger partial charge is 0.416 e. The predicted octanol–water partition coefficient (Wildman–Crippen LogP) is 5.86. The number of benzene rings is 3.